The van der Waals surface area contributed by atoms with Gasteiger partial charge in [-0.1, -0.05) is 30.3 Å². The lowest BCUT2D eigenvalue weighted by Gasteiger charge is -2.14. The van der Waals surface area contributed by atoms with Gasteiger partial charge >= 0.3 is 11.9 Å². The highest BCUT2D eigenvalue weighted by atomic mass is 16.4. The van der Waals surface area contributed by atoms with Crippen LogP contribution >= 0.6 is 0 Å². The maximum absolute atomic E-state index is 9.74. The number of aliphatic carboxylic acids is 2. The van der Waals surface area contributed by atoms with Gasteiger partial charge in [0.25, 0.3) is 0 Å². The minimum absolute atomic E-state index is 0.330. The molecule has 0 aliphatic carbocycles. The first-order chi connectivity index (χ1) is 8.84. The molecular formula is C13H19NO5. The number of nitrogens with zero attached hydrogens (tertiary/aromatic N) is 1. The summed E-state index contributed by atoms with van der Waals surface area (Å²) in [5.74, 6) is -3.65. The third kappa shape index (κ3) is 8.76. The molecule has 0 spiro atoms. The van der Waals surface area contributed by atoms with Crippen LogP contribution in [0, 0.1) is 0 Å². The minimum atomic E-state index is -1.82. The summed E-state index contributed by atoms with van der Waals surface area (Å²) in [7, 11) is 4.02. The molecule has 19 heavy (non-hydrogen) atoms. The van der Waals surface area contributed by atoms with Gasteiger partial charge < -0.3 is 20.2 Å². The van der Waals surface area contributed by atoms with Crippen molar-refractivity contribution in [2.75, 3.05) is 20.6 Å². The maximum atomic E-state index is 9.74. The van der Waals surface area contributed by atoms with Gasteiger partial charge in [0.1, 0.15) is 0 Å². The molecule has 0 saturated carbocycles. The summed E-state index contributed by atoms with van der Waals surface area (Å²) in [6.07, 6.45) is 0.459. The predicted molar refractivity (Wildman–Crippen MR) is 69.8 cm³/mol. The molecule has 1 atom stereocenters. The fourth-order valence-electron chi connectivity index (χ4n) is 1.22. The molecule has 1 aromatic carbocycles. The van der Waals surface area contributed by atoms with Crippen LogP contribution in [0.1, 0.15) is 18.1 Å². The van der Waals surface area contributed by atoms with Crippen LogP contribution < -0.4 is 0 Å². The highest BCUT2D eigenvalue weighted by molar-refractivity contribution is 6.27. The second-order valence-corrected chi connectivity index (χ2v) is 4.13. The molecule has 0 fully saturated rings. The summed E-state index contributed by atoms with van der Waals surface area (Å²) >= 11 is 0. The van der Waals surface area contributed by atoms with Gasteiger partial charge in [0.05, 0.1) is 6.10 Å². The number of hydrogen-bond donors (Lipinski definition) is 3. The molecule has 0 saturated heterocycles. The highest BCUT2D eigenvalue weighted by Crippen LogP contribution is 2.15. The number of rotatable bonds is 4. The van der Waals surface area contributed by atoms with Crippen LogP contribution in [0.3, 0.4) is 0 Å². The summed E-state index contributed by atoms with van der Waals surface area (Å²) < 4.78 is 0. The van der Waals surface area contributed by atoms with Crippen molar-refractivity contribution < 1.29 is 24.9 Å². The van der Waals surface area contributed by atoms with Crippen molar-refractivity contribution in [3.8, 4) is 0 Å². The summed E-state index contributed by atoms with van der Waals surface area (Å²) in [5, 5.41) is 24.5. The Labute approximate surface area is 111 Å². The van der Waals surface area contributed by atoms with E-state index in [0.29, 0.717) is 0 Å². The molecule has 0 aromatic heterocycles. The highest BCUT2D eigenvalue weighted by Gasteiger charge is 2.06. The van der Waals surface area contributed by atoms with Crippen LogP contribution in [0.2, 0.25) is 0 Å². The number of benzene rings is 1. The normalized spacial score (nSPS) is 11.4. The number of hydrogen-bond acceptors (Lipinski definition) is 4. The Balaban J connectivity index is 0.000000459. The third-order valence-corrected chi connectivity index (χ3v) is 2.22. The molecule has 0 aliphatic rings. The van der Waals surface area contributed by atoms with Gasteiger partial charge in [-0.3, -0.25) is 0 Å². The monoisotopic (exact) mass is 269 g/mol. The number of aliphatic hydroxyl groups is 1. The van der Waals surface area contributed by atoms with Crippen LogP contribution in [-0.2, 0) is 9.59 Å². The topological polar surface area (TPSA) is 98.1 Å². The molecule has 1 aromatic rings. The number of carboxylic acid groups (broad SMARTS) is 2. The first-order valence-corrected chi connectivity index (χ1v) is 5.68. The van der Waals surface area contributed by atoms with E-state index in [-0.39, 0.29) is 6.10 Å². The van der Waals surface area contributed by atoms with E-state index in [1.54, 1.807) is 0 Å². The average molecular weight is 269 g/mol. The smallest absolute Gasteiger partial charge is 0.414 e. The van der Waals surface area contributed by atoms with Crippen molar-refractivity contribution in [1.82, 2.24) is 4.90 Å². The van der Waals surface area contributed by atoms with E-state index in [1.165, 1.54) is 0 Å². The minimum Gasteiger partial charge on any atom is -0.473 e. The molecule has 106 valence electrons. The molecule has 0 heterocycles. The third-order valence-electron chi connectivity index (χ3n) is 2.22. The summed E-state index contributed by atoms with van der Waals surface area (Å²) in [4.78, 5) is 20.3. The van der Waals surface area contributed by atoms with Crippen molar-refractivity contribution in [2.24, 2.45) is 0 Å². The zero-order chi connectivity index (χ0) is 14.8. The molecule has 6 nitrogen and oxygen atoms in total. The first kappa shape index (κ1) is 17.1. The van der Waals surface area contributed by atoms with Crippen molar-refractivity contribution >= 4 is 11.9 Å². The van der Waals surface area contributed by atoms with Crippen LogP contribution in [-0.4, -0.2) is 52.8 Å². The molecule has 0 unspecified atom stereocenters. The van der Waals surface area contributed by atoms with E-state index in [2.05, 4.69) is 4.90 Å². The molecule has 0 bridgehead atoms. The van der Waals surface area contributed by atoms with E-state index >= 15 is 0 Å². The van der Waals surface area contributed by atoms with E-state index in [0.717, 1.165) is 18.5 Å². The zero-order valence-corrected chi connectivity index (χ0v) is 11.0. The molecule has 0 amide bonds. The van der Waals surface area contributed by atoms with Gasteiger partial charge in [-0.05, 0) is 26.1 Å². The molecule has 0 radical (unpaired) electrons. The number of aliphatic hydroxyl groups excluding tert-OH is 1. The van der Waals surface area contributed by atoms with Gasteiger partial charge in [0.15, 0.2) is 0 Å². The lowest BCUT2D eigenvalue weighted by Crippen LogP contribution is -2.15. The Morgan fingerprint density at radius 3 is 1.95 bits per heavy atom. The van der Waals surface area contributed by atoms with E-state index < -0.39 is 11.9 Å². The van der Waals surface area contributed by atoms with Crippen LogP contribution in [0.5, 0.6) is 0 Å². The molecule has 0 aliphatic heterocycles. The Morgan fingerprint density at radius 2 is 1.58 bits per heavy atom. The summed E-state index contributed by atoms with van der Waals surface area (Å²) in [6.45, 7) is 0.913. The second kappa shape index (κ2) is 9.07. The first-order valence-electron chi connectivity index (χ1n) is 5.68. The molecule has 3 N–H and O–H groups in total. The molecule has 1 rings (SSSR count). The second-order valence-electron chi connectivity index (χ2n) is 4.13. The predicted octanol–water partition coefficient (Wildman–Crippen LogP) is 0.827. The molecular weight excluding hydrogens is 250 g/mol. The van der Waals surface area contributed by atoms with Crippen LogP contribution in [0.15, 0.2) is 30.3 Å². The Bertz CT molecular complexity index is 379. The van der Waals surface area contributed by atoms with Crippen molar-refractivity contribution in [2.45, 2.75) is 12.5 Å². The standard InChI is InChI=1S/C11H17NO.C2H2O4/c1-12(2)9-8-11(13)10-6-4-3-5-7-10;3-1(4)2(5)6/h3-7,11,13H,8-9H2,1-2H3;(H,3,4)(H,5,6)/t11-;/m1./s1. The SMILES string of the molecule is CN(C)CC[C@@H](O)c1ccccc1.O=C(O)C(=O)O. The Morgan fingerprint density at radius 1 is 1.11 bits per heavy atom. The van der Waals surface area contributed by atoms with E-state index in [1.807, 2.05) is 44.4 Å². The fraction of sp³-hybridized carbons (Fsp3) is 0.385. The maximum Gasteiger partial charge on any atom is 0.414 e. The van der Waals surface area contributed by atoms with Crippen molar-refractivity contribution in [3.63, 3.8) is 0 Å². The van der Waals surface area contributed by atoms with Gasteiger partial charge in [-0.2, -0.15) is 0 Å². The van der Waals surface area contributed by atoms with Gasteiger partial charge in [0.2, 0.25) is 0 Å². The largest absolute Gasteiger partial charge is 0.473 e. The quantitative estimate of drug-likeness (QED) is 0.700. The molecule has 6 heteroatoms. The lowest BCUT2D eigenvalue weighted by molar-refractivity contribution is -0.159. The van der Waals surface area contributed by atoms with Crippen molar-refractivity contribution in [1.29, 1.82) is 0 Å². The van der Waals surface area contributed by atoms with Crippen molar-refractivity contribution in [3.05, 3.63) is 35.9 Å². The Kier molecular flexibility index (Phi) is 8.15. The number of carbonyl (C=O) groups is 2. The zero-order valence-electron chi connectivity index (χ0n) is 11.0. The van der Waals surface area contributed by atoms with E-state index in [4.69, 9.17) is 19.8 Å². The van der Waals surface area contributed by atoms with Crippen LogP contribution in [0.4, 0.5) is 0 Å². The van der Waals surface area contributed by atoms with Gasteiger partial charge in [0, 0.05) is 6.54 Å². The van der Waals surface area contributed by atoms with Gasteiger partial charge in [-0.15, -0.1) is 0 Å². The summed E-state index contributed by atoms with van der Waals surface area (Å²) in [6, 6.07) is 9.78. The summed E-state index contributed by atoms with van der Waals surface area (Å²) in [5.41, 5.74) is 1.00. The fourth-order valence-corrected chi connectivity index (χ4v) is 1.22. The van der Waals surface area contributed by atoms with Crippen LogP contribution in [0.25, 0.3) is 0 Å². The lowest BCUT2D eigenvalue weighted by atomic mass is 10.1. The van der Waals surface area contributed by atoms with E-state index in [9.17, 15) is 5.11 Å². The van der Waals surface area contributed by atoms with Gasteiger partial charge in [-0.25, -0.2) is 9.59 Å². The average Bonchev–Trinajstić information content (AvgIpc) is 2.37. The number of carboxylic acids is 2. The Hall–Kier alpha value is -1.92.